The van der Waals surface area contributed by atoms with E-state index in [1.807, 2.05) is 6.92 Å². The first-order chi connectivity index (χ1) is 7.25. The van der Waals surface area contributed by atoms with E-state index in [0.717, 1.165) is 18.2 Å². The van der Waals surface area contributed by atoms with E-state index in [1.165, 1.54) is 32.1 Å². The number of rotatable bonds is 4. The van der Waals surface area contributed by atoms with Crippen molar-refractivity contribution in [3.05, 3.63) is 11.8 Å². The van der Waals surface area contributed by atoms with E-state index in [-0.39, 0.29) is 5.38 Å². The van der Waals surface area contributed by atoms with E-state index in [9.17, 15) is 0 Å². The second-order valence-corrected chi connectivity index (χ2v) is 4.99. The van der Waals surface area contributed by atoms with Crippen LogP contribution in [0.5, 0.6) is 0 Å². The number of aromatic nitrogens is 2. The lowest BCUT2D eigenvalue weighted by Gasteiger charge is -2.04. The lowest BCUT2D eigenvalue weighted by atomic mass is 10.0. The summed E-state index contributed by atoms with van der Waals surface area (Å²) >= 11 is 5.85. The van der Waals surface area contributed by atoms with Gasteiger partial charge in [-0.25, -0.2) is 0 Å². The molecular formula is C11H17ClN2O. The Balaban J connectivity index is 1.82. The summed E-state index contributed by atoms with van der Waals surface area (Å²) in [4.78, 5) is 0. The van der Waals surface area contributed by atoms with Crippen LogP contribution in [0.1, 0.15) is 56.2 Å². The van der Waals surface area contributed by atoms with E-state index >= 15 is 0 Å². The van der Waals surface area contributed by atoms with E-state index in [0.29, 0.717) is 5.89 Å². The lowest BCUT2D eigenvalue weighted by Crippen LogP contribution is -1.96. The van der Waals surface area contributed by atoms with Crippen molar-refractivity contribution in [2.45, 2.75) is 50.8 Å². The highest BCUT2D eigenvalue weighted by Crippen LogP contribution is 2.28. The maximum Gasteiger partial charge on any atom is 0.234 e. The van der Waals surface area contributed by atoms with Gasteiger partial charge in [0, 0.05) is 6.42 Å². The molecule has 1 aromatic rings. The predicted octanol–water partition coefficient (Wildman–Crippen LogP) is 3.49. The second-order valence-electron chi connectivity index (χ2n) is 4.34. The Hall–Kier alpha value is -0.570. The number of hydrogen-bond acceptors (Lipinski definition) is 3. The zero-order chi connectivity index (χ0) is 10.7. The van der Waals surface area contributed by atoms with Crippen LogP contribution in [0.2, 0.25) is 0 Å². The highest BCUT2D eigenvalue weighted by atomic mass is 35.5. The zero-order valence-electron chi connectivity index (χ0n) is 9.08. The molecule has 1 atom stereocenters. The molecule has 0 aliphatic heterocycles. The summed E-state index contributed by atoms with van der Waals surface area (Å²) in [7, 11) is 0. The number of halogens is 1. The van der Waals surface area contributed by atoms with Gasteiger partial charge in [0.1, 0.15) is 5.38 Å². The lowest BCUT2D eigenvalue weighted by molar-refractivity contribution is 0.416. The quantitative estimate of drug-likeness (QED) is 0.741. The molecule has 1 fully saturated rings. The van der Waals surface area contributed by atoms with E-state index in [2.05, 4.69) is 10.2 Å². The number of alkyl halides is 1. The van der Waals surface area contributed by atoms with Crippen LogP contribution in [0.3, 0.4) is 0 Å². The van der Waals surface area contributed by atoms with E-state index < -0.39 is 0 Å². The molecule has 4 heteroatoms. The Kier molecular flexibility index (Phi) is 3.62. The van der Waals surface area contributed by atoms with Crippen LogP contribution in [0, 0.1) is 5.92 Å². The SMILES string of the molecule is CC(Cl)c1nnc(CCC2CCCC2)o1. The number of aryl methyl sites for hydroxylation is 1. The summed E-state index contributed by atoms with van der Waals surface area (Å²) in [6.45, 7) is 1.84. The molecule has 15 heavy (non-hydrogen) atoms. The molecule has 1 aromatic heterocycles. The van der Waals surface area contributed by atoms with Crippen LogP contribution in [0.25, 0.3) is 0 Å². The van der Waals surface area contributed by atoms with E-state index in [1.54, 1.807) is 0 Å². The fraction of sp³-hybridized carbons (Fsp3) is 0.818. The molecule has 0 bridgehead atoms. The zero-order valence-corrected chi connectivity index (χ0v) is 9.83. The van der Waals surface area contributed by atoms with Crippen molar-refractivity contribution < 1.29 is 4.42 Å². The molecule has 2 rings (SSSR count). The highest BCUT2D eigenvalue weighted by Gasteiger charge is 2.17. The van der Waals surface area contributed by atoms with Gasteiger partial charge < -0.3 is 4.42 Å². The molecule has 84 valence electrons. The Morgan fingerprint density at radius 1 is 1.40 bits per heavy atom. The standard InChI is InChI=1S/C11H17ClN2O/c1-8(12)11-14-13-10(15-11)7-6-9-4-2-3-5-9/h8-9H,2-7H2,1H3. The second kappa shape index (κ2) is 4.97. The Morgan fingerprint density at radius 3 is 2.73 bits per heavy atom. The summed E-state index contributed by atoms with van der Waals surface area (Å²) in [5.41, 5.74) is 0. The summed E-state index contributed by atoms with van der Waals surface area (Å²) < 4.78 is 5.45. The fourth-order valence-corrected chi connectivity index (χ4v) is 2.24. The third kappa shape index (κ3) is 2.94. The molecule has 1 aliphatic carbocycles. The predicted molar refractivity (Wildman–Crippen MR) is 58.8 cm³/mol. The van der Waals surface area contributed by atoms with Crippen LogP contribution in [0.15, 0.2) is 4.42 Å². The first-order valence-corrected chi connectivity index (χ1v) is 6.15. The smallest absolute Gasteiger partial charge is 0.234 e. The molecule has 0 N–H and O–H groups in total. The van der Waals surface area contributed by atoms with Crippen LogP contribution < -0.4 is 0 Å². The fourth-order valence-electron chi connectivity index (χ4n) is 2.16. The molecule has 0 spiro atoms. The molecule has 3 nitrogen and oxygen atoms in total. The van der Waals surface area contributed by atoms with Crippen LogP contribution >= 0.6 is 11.6 Å². The van der Waals surface area contributed by atoms with Gasteiger partial charge in [-0.3, -0.25) is 0 Å². The first kappa shape index (κ1) is 10.9. The monoisotopic (exact) mass is 228 g/mol. The van der Waals surface area contributed by atoms with Gasteiger partial charge in [0.05, 0.1) is 0 Å². The van der Waals surface area contributed by atoms with E-state index in [4.69, 9.17) is 16.0 Å². The minimum absolute atomic E-state index is 0.183. The Bertz CT molecular complexity index is 305. The van der Waals surface area contributed by atoms with Gasteiger partial charge in [0.15, 0.2) is 0 Å². The van der Waals surface area contributed by atoms with Gasteiger partial charge in [0.2, 0.25) is 11.8 Å². The van der Waals surface area contributed by atoms with Gasteiger partial charge in [0.25, 0.3) is 0 Å². The summed E-state index contributed by atoms with van der Waals surface area (Å²) in [6, 6.07) is 0. The van der Waals surface area contributed by atoms with Crippen LogP contribution in [-0.4, -0.2) is 10.2 Å². The molecular weight excluding hydrogens is 212 g/mol. The summed E-state index contributed by atoms with van der Waals surface area (Å²) in [5.74, 6) is 2.15. The molecule has 0 aromatic carbocycles. The average Bonchev–Trinajstić information content (AvgIpc) is 2.86. The van der Waals surface area contributed by atoms with Gasteiger partial charge in [-0.2, -0.15) is 0 Å². The topological polar surface area (TPSA) is 38.9 Å². The van der Waals surface area contributed by atoms with Gasteiger partial charge >= 0.3 is 0 Å². The molecule has 0 amide bonds. The molecule has 0 saturated heterocycles. The minimum Gasteiger partial charge on any atom is -0.424 e. The normalized spacial score (nSPS) is 19.6. The molecule has 1 heterocycles. The van der Waals surface area contributed by atoms with Crippen molar-refractivity contribution in [2.24, 2.45) is 5.92 Å². The largest absolute Gasteiger partial charge is 0.424 e. The van der Waals surface area contributed by atoms with Crippen molar-refractivity contribution in [1.29, 1.82) is 0 Å². The van der Waals surface area contributed by atoms with Crippen molar-refractivity contribution in [3.63, 3.8) is 0 Å². The number of hydrogen-bond donors (Lipinski definition) is 0. The third-order valence-electron chi connectivity index (χ3n) is 3.06. The van der Waals surface area contributed by atoms with Crippen molar-refractivity contribution >= 4 is 11.6 Å². The maximum atomic E-state index is 5.85. The van der Waals surface area contributed by atoms with Crippen molar-refractivity contribution in [2.75, 3.05) is 0 Å². The minimum atomic E-state index is -0.183. The summed E-state index contributed by atoms with van der Waals surface area (Å²) in [5, 5.41) is 7.73. The molecule has 1 unspecified atom stereocenters. The highest BCUT2D eigenvalue weighted by molar-refractivity contribution is 6.20. The molecule has 1 aliphatic rings. The Labute approximate surface area is 95.2 Å². The van der Waals surface area contributed by atoms with Crippen LogP contribution in [-0.2, 0) is 6.42 Å². The molecule has 0 radical (unpaired) electrons. The molecule has 1 saturated carbocycles. The van der Waals surface area contributed by atoms with Gasteiger partial charge in [-0.1, -0.05) is 25.7 Å². The van der Waals surface area contributed by atoms with Crippen molar-refractivity contribution in [1.82, 2.24) is 10.2 Å². The van der Waals surface area contributed by atoms with Crippen LogP contribution in [0.4, 0.5) is 0 Å². The van der Waals surface area contributed by atoms with Gasteiger partial charge in [-0.05, 0) is 19.3 Å². The first-order valence-electron chi connectivity index (χ1n) is 5.72. The third-order valence-corrected chi connectivity index (χ3v) is 3.25. The maximum absolute atomic E-state index is 5.85. The van der Waals surface area contributed by atoms with Gasteiger partial charge in [-0.15, -0.1) is 21.8 Å². The summed E-state index contributed by atoms with van der Waals surface area (Å²) in [6.07, 6.45) is 7.59. The van der Waals surface area contributed by atoms with Crippen molar-refractivity contribution in [3.8, 4) is 0 Å². The average molecular weight is 229 g/mol. The number of nitrogens with zero attached hydrogens (tertiary/aromatic N) is 2. The Morgan fingerprint density at radius 2 is 2.13 bits per heavy atom.